The quantitative estimate of drug-likeness (QED) is 0.123. The monoisotopic (exact) mass is 690 g/mol. The van der Waals surface area contributed by atoms with E-state index in [1.54, 1.807) is 84.9 Å². The molecule has 7 nitrogen and oxygen atoms in total. The summed E-state index contributed by atoms with van der Waals surface area (Å²) in [4.78, 5) is 49.8. The molecule has 268 valence electrons. The van der Waals surface area contributed by atoms with Gasteiger partial charge < -0.3 is 14.6 Å². The van der Waals surface area contributed by atoms with E-state index in [1.807, 2.05) is 25.1 Å². The third kappa shape index (κ3) is 8.20. The molecule has 0 aliphatic heterocycles. The molecule has 2 aliphatic rings. The fraction of sp³-hybridized carbons (Fsp3) is 0.364. The summed E-state index contributed by atoms with van der Waals surface area (Å²) in [6, 6.07) is 31.2. The Hall–Kier alpha value is -4.88. The van der Waals surface area contributed by atoms with Crippen molar-refractivity contribution in [3.8, 4) is 11.5 Å². The van der Waals surface area contributed by atoms with Crippen molar-refractivity contribution < 1.29 is 33.8 Å². The maximum Gasteiger partial charge on any atom is 0.202 e. The molecule has 2 saturated carbocycles. The molecule has 2 bridgehead atoms. The van der Waals surface area contributed by atoms with Crippen LogP contribution in [-0.4, -0.2) is 48.1 Å². The Morgan fingerprint density at radius 1 is 0.784 bits per heavy atom. The van der Waals surface area contributed by atoms with Gasteiger partial charge in [-0.1, -0.05) is 125 Å². The number of ether oxygens (including phenoxy) is 2. The van der Waals surface area contributed by atoms with Gasteiger partial charge in [0.05, 0.1) is 12.7 Å². The molecule has 0 heterocycles. The Kier molecular flexibility index (Phi) is 12.9. The topological polar surface area (TPSA) is 107 Å². The van der Waals surface area contributed by atoms with Crippen LogP contribution >= 0.6 is 0 Å². The molecule has 4 aromatic carbocycles. The highest BCUT2D eigenvalue weighted by molar-refractivity contribution is 6.22. The van der Waals surface area contributed by atoms with Gasteiger partial charge in [0.2, 0.25) is 11.6 Å². The number of unbranched alkanes of at least 4 members (excludes halogenated alkanes) is 1. The molecule has 4 aromatic rings. The van der Waals surface area contributed by atoms with E-state index in [9.17, 15) is 24.3 Å². The highest BCUT2D eigenvalue weighted by atomic mass is 16.5. The molecule has 0 aromatic heterocycles. The largest absolute Gasteiger partial charge is 0.507 e. The molecule has 2 aliphatic carbocycles. The van der Waals surface area contributed by atoms with Gasteiger partial charge in [-0.3, -0.25) is 19.2 Å². The van der Waals surface area contributed by atoms with E-state index < -0.39 is 5.60 Å². The number of aromatic hydroxyl groups is 1. The number of carbonyl (C=O) groups is 4. The summed E-state index contributed by atoms with van der Waals surface area (Å²) >= 11 is 0. The number of hydrogen-bond donors (Lipinski definition) is 1. The minimum atomic E-state index is -1.46. The molecule has 0 saturated heterocycles. The summed E-state index contributed by atoms with van der Waals surface area (Å²) in [5.41, 5.74) is 0.662. The third-order valence-electron chi connectivity index (χ3n) is 11.0. The lowest BCUT2D eigenvalue weighted by molar-refractivity contribution is -0.128. The molecule has 1 N–H and O–H groups in total. The van der Waals surface area contributed by atoms with Crippen molar-refractivity contribution in [2.24, 2.45) is 16.7 Å². The van der Waals surface area contributed by atoms with E-state index in [2.05, 4.69) is 20.8 Å². The lowest BCUT2D eigenvalue weighted by Crippen LogP contribution is -2.48. The van der Waals surface area contributed by atoms with E-state index in [1.165, 1.54) is 26.7 Å². The van der Waals surface area contributed by atoms with Crippen molar-refractivity contribution in [1.82, 2.24) is 0 Å². The Morgan fingerprint density at radius 2 is 1.29 bits per heavy atom. The molecule has 7 heteroatoms. The molecule has 2 atom stereocenters. The first-order valence-corrected chi connectivity index (χ1v) is 17.6. The number of phenols is 1. The van der Waals surface area contributed by atoms with Crippen LogP contribution in [0.3, 0.4) is 0 Å². The van der Waals surface area contributed by atoms with E-state index >= 15 is 0 Å². The second-order valence-electron chi connectivity index (χ2n) is 14.0. The van der Waals surface area contributed by atoms with Gasteiger partial charge in [0.15, 0.2) is 11.4 Å². The SMILES string of the molecule is CC12CCC(CC1=O)C2(C)C.CCCCC(OC)(C(=O)c1ccccc1)C(=O)c1ccccc1.COc1ccc(C(=O)c2ccccc2)c(O)c1. The number of Topliss-reactive ketones (excluding diaryl/α,β-unsaturated/α-hetero) is 3. The van der Waals surface area contributed by atoms with E-state index in [0.717, 1.165) is 25.7 Å². The summed E-state index contributed by atoms with van der Waals surface area (Å²) in [7, 11) is 2.95. The summed E-state index contributed by atoms with van der Waals surface area (Å²) in [6.45, 7) is 8.70. The van der Waals surface area contributed by atoms with Crippen LogP contribution in [0.2, 0.25) is 0 Å². The Morgan fingerprint density at radius 3 is 1.65 bits per heavy atom. The molecule has 51 heavy (non-hydrogen) atoms. The molecular formula is C44H50O7. The average molecular weight is 691 g/mol. The number of hydrogen-bond acceptors (Lipinski definition) is 7. The summed E-state index contributed by atoms with van der Waals surface area (Å²) in [6.07, 6.45) is 5.25. The first-order chi connectivity index (χ1) is 24.4. The minimum Gasteiger partial charge on any atom is -0.507 e. The highest BCUT2D eigenvalue weighted by Crippen LogP contribution is 2.63. The van der Waals surface area contributed by atoms with Gasteiger partial charge in [-0.15, -0.1) is 0 Å². The summed E-state index contributed by atoms with van der Waals surface area (Å²) in [5.74, 6) is 0.889. The van der Waals surface area contributed by atoms with Crippen LogP contribution in [0.25, 0.3) is 0 Å². The predicted molar refractivity (Wildman–Crippen MR) is 200 cm³/mol. The van der Waals surface area contributed by atoms with Crippen molar-refractivity contribution in [1.29, 1.82) is 0 Å². The second kappa shape index (κ2) is 16.9. The number of carbonyl (C=O) groups excluding carboxylic acids is 4. The van der Waals surface area contributed by atoms with Crippen LogP contribution in [0.1, 0.15) is 103 Å². The molecule has 6 rings (SSSR count). The number of ketones is 4. The van der Waals surface area contributed by atoms with E-state index in [4.69, 9.17) is 9.47 Å². The summed E-state index contributed by atoms with van der Waals surface area (Å²) < 4.78 is 10.5. The molecule has 0 amide bonds. The Bertz CT molecular complexity index is 1750. The van der Waals surface area contributed by atoms with Gasteiger partial charge in [0.25, 0.3) is 0 Å². The summed E-state index contributed by atoms with van der Waals surface area (Å²) in [5, 5.41) is 9.75. The van der Waals surface area contributed by atoms with Crippen LogP contribution in [0.15, 0.2) is 109 Å². The van der Waals surface area contributed by atoms with Crippen LogP contribution in [0, 0.1) is 16.7 Å². The van der Waals surface area contributed by atoms with Crippen molar-refractivity contribution in [2.75, 3.05) is 14.2 Å². The van der Waals surface area contributed by atoms with Crippen molar-refractivity contribution >= 4 is 23.1 Å². The Balaban J connectivity index is 0.000000182. The van der Waals surface area contributed by atoms with Crippen molar-refractivity contribution in [2.45, 2.75) is 71.8 Å². The van der Waals surface area contributed by atoms with Gasteiger partial charge in [0.1, 0.15) is 17.3 Å². The van der Waals surface area contributed by atoms with Gasteiger partial charge in [-0.25, -0.2) is 0 Å². The molecule has 2 fully saturated rings. The van der Waals surface area contributed by atoms with Gasteiger partial charge in [0, 0.05) is 41.7 Å². The highest BCUT2D eigenvalue weighted by Gasteiger charge is 2.61. The van der Waals surface area contributed by atoms with Crippen molar-refractivity contribution in [3.05, 3.63) is 131 Å². The molecular weight excluding hydrogens is 640 g/mol. The lowest BCUT2D eigenvalue weighted by atomic mass is 9.70. The number of rotatable bonds is 11. The maximum absolute atomic E-state index is 13.1. The fourth-order valence-electron chi connectivity index (χ4n) is 7.17. The van der Waals surface area contributed by atoms with Gasteiger partial charge in [-0.2, -0.15) is 0 Å². The van der Waals surface area contributed by atoms with E-state index in [0.29, 0.717) is 40.6 Å². The molecule has 0 radical (unpaired) electrons. The number of methoxy groups -OCH3 is 2. The zero-order chi connectivity index (χ0) is 37.2. The first kappa shape index (κ1) is 38.9. The fourth-order valence-corrected chi connectivity index (χ4v) is 7.17. The standard InChI is InChI=1S/C20H22O3.C14H12O3.C10H16O/c1-3-4-15-20(23-2,18(21)16-11-7-5-8-12-16)19(22)17-13-9-6-10-14-17;1-17-11-7-8-12(13(15)9-11)14(16)10-5-3-2-4-6-10;1-9(2)7-4-5-10(9,3)8(11)6-7/h5-14H,3-4,15H2,1-2H3;2-9,15H,1H3;7H,4-6H2,1-3H3. The van der Waals surface area contributed by atoms with Crippen molar-refractivity contribution in [3.63, 3.8) is 0 Å². The van der Waals surface area contributed by atoms with E-state index in [-0.39, 0.29) is 39.5 Å². The van der Waals surface area contributed by atoms with Crippen LogP contribution < -0.4 is 4.74 Å². The van der Waals surface area contributed by atoms with Gasteiger partial charge in [-0.05, 0) is 49.1 Å². The Labute approximate surface area is 302 Å². The minimum absolute atomic E-state index is 0.0255. The zero-order valence-corrected chi connectivity index (χ0v) is 30.6. The third-order valence-corrected chi connectivity index (χ3v) is 11.0. The van der Waals surface area contributed by atoms with Crippen LogP contribution in [0.4, 0.5) is 0 Å². The predicted octanol–water partition coefficient (Wildman–Crippen LogP) is 9.36. The number of phenolic OH excluding ortho intramolecular Hbond substituents is 1. The smallest absolute Gasteiger partial charge is 0.202 e. The molecule has 2 unspecified atom stereocenters. The molecule has 0 spiro atoms. The van der Waals surface area contributed by atoms with Crippen LogP contribution in [0.5, 0.6) is 11.5 Å². The zero-order valence-electron chi connectivity index (χ0n) is 30.6. The van der Waals surface area contributed by atoms with Crippen LogP contribution in [-0.2, 0) is 9.53 Å². The normalized spacial score (nSPS) is 18.5. The first-order valence-electron chi connectivity index (χ1n) is 17.6. The average Bonchev–Trinajstić information content (AvgIpc) is 3.49. The maximum atomic E-state index is 13.1. The van der Waals surface area contributed by atoms with Gasteiger partial charge >= 0.3 is 0 Å². The number of benzene rings is 4. The lowest BCUT2D eigenvalue weighted by Gasteiger charge is -2.32. The number of fused-ring (bicyclic) bond motifs is 2. The second-order valence-corrected chi connectivity index (χ2v) is 14.0.